The van der Waals surface area contributed by atoms with E-state index < -0.39 is 0 Å². The first kappa shape index (κ1) is 18.7. The van der Waals surface area contributed by atoms with Crippen LogP contribution in [-0.4, -0.2) is 57.8 Å². The molecular formula is C21H21N5O3. The molecule has 0 radical (unpaired) electrons. The Hall–Kier alpha value is -3.68. The number of rotatable bonds is 4. The first-order chi connectivity index (χ1) is 14.1. The summed E-state index contributed by atoms with van der Waals surface area (Å²) in [4.78, 5) is 37.1. The molecule has 2 amide bonds. The van der Waals surface area contributed by atoms with Crippen LogP contribution in [0.3, 0.4) is 0 Å². The normalized spacial score (nSPS) is 14.0. The number of nitrogens with one attached hydrogen (secondary N) is 1. The van der Waals surface area contributed by atoms with E-state index >= 15 is 0 Å². The summed E-state index contributed by atoms with van der Waals surface area (Å²) in [5.41, 5.74) is 2.30. The van der Waals surface area contributed by atoms with Crippen LogP contribution in [0.4, 0.5) is 11.6 Å². The summed E-state index contributed by atoms with van der Waals surface area (Å²) in [6.07, 6.45) is 3.04. The van der Waals surface area contributed by atoms with Crippen molar-refractivity contribution in [3.05, 3.63) is 71.9 Å². The van der Waals surface area contributed by atoms with Crippen molar-refractivity contribution in [2.45, 2.75) is 6.92 Å². The van der Waals surface area contributed by atoms with E-state index in [1.165, 1.54) is 6.26 Å². The van der Waals surface area contributed by atoms with Gasteiger partial charge in [-0.3, -0.25) is 9.59 Å². The Morgan fingerprint density at radius 3 is 2.45 bits per heavy atom. The lowest BCUT2D eigenvalue weighted by Gasteiger charge is -2.34. The maximum Gasteiger partial charge on any atom is 0.289 e. The van der Waals surface area contributed by atoms with Gasteiger partial charge in [0.25, 0.3) is 11.8 Å². The van der Waals surface area contributed by atoms with Gasteiger partial charge in [-0.25, -0.2) is 9.97 Å². The summed E-state index contributed by atoms with van der Waals surface area (Å²) in [6, 6.07) is 12.8. The van der Waals surface area contributed by atoms with Crippen molar-refractivity contribution >= 4 is 23.5 Å². The summed E-state index contributed by atoms with van der Waals surface area (Å²) in [5, 5.41) is 3.12. The van der Waals surface area contributed by atoms with Crippen molar-refractivity contribution in [3.8, 4) is 0 Å². The molecule has 1 saturated heterocycles. The van der Waals surface area contributed by atoms with Crippen molar-refractivity contribution < 1.29 is 14.0 Å². The van der Waals surface area contributed by atoms with Gasteiger partial charge in [0.05, 0.1) is 6.26 Å². The number of benzene rings is 1. The predicted octanol–water partition coefficient (Wildman–Crippen LogP) is 2.72. The summed E-state index contributed by atoms with van der Waals surface area (Å²) in [7, 11) is 0. The average molecular weight is 391 g/mol. The molecule has 1 aliphatic heterocycles. The molecule has 3 heterocycles. The number of carbonyl (C=O) groups is 2. The molecule has 4 rings (SSSR count). The third-order valence-corrected chi connectivity index (χ3v) is 4.73. The number of piperazine rings is 1. The Balaban J connectivity index is 1.39. The number of aryl methyl sites for hydroxylation is 1. The standard InChI is InChI=1S/C21H21N5O3/c1-15-4-2-5-16(14-15)23-21-22-8-7-17(24-21)19(27)25-9-11-26(12-10-25)20(28)18-6-3-13-29-18/h2-8,13-14H,9-12H2,1H3,(H,22,23,24). The van der Waals surface area contributed by atoms with Gasteiger partial charge in [-0.05, 0) is 42.8 Å². The van der Waals surface area contributed by atoms with Gasteiger partial charge < -0.3 is 19.5 Å². The highest BCUT2D eigenvalue weighted by molar-refractivity contribution is 5.94. The molecule has 1 aliphatic rings. The maximum absolute atomic E-state index is 12.8. The summed E-state index contributed by atoms with van der Waals surface area (Å²) < 4.78 is 5.17. The minimum atomic E-state index is -0.176. The number of nitrogens with zero attached hydrogens (tertiary/aromatic N) is 4. The zero-order chi connectivity index (χ0) is 20.2. The molecule has 0 bridgehead atoms. The second-order valence-corrected chi connectivity index (χ2v) is 6.82. The summed E-state index contributed by atoms with van der Waals surface area (Å²) in [6.45, 7) is 3.78. The predicted molar refractivity (Wildman–Crippen MR) is 107 cm³/mol. The first-order valence-electron chi connectivity index (χ1n) is 9.39. The molecule has 2 aromatic heterocycles. The van der Waals surface area contributed by atoms with E-state index in [2.05, 4.69) is 15.3 Å². The molecule has 148 valence electrons. The third-order valence-electron chi connectivity index (χ3n) is 4.73. The van der Waals surface area contributed by atoms with Crippen LogP contribution in [-0.2, 0) is 0 Å². The van der Waals surface area contributed by atoms with Crippen LogP contribution in [0.25, 0.3) is 0 Å². The van der Waals surface area contributed by atoms with Crippen molar-refractivity contribution in [3.63, 3.8) is 0 Å². The molecule has 1 N–H and O–H groups in total. The van der Waals surface area contributed by atoms with Crippen LogP contribution in [0, 0.1) is 6.92 Å². The largest absolute Gasteiger partial charge is 0.459 e. The molecule has 1 aromatic carbocycles. The molecular weight excluding hydrogens is 370 g/mol. The minimum Gasteiger partial charge on any atom is -0.459 e. The topological polar surface area (TPSA) is 91.6 Å². The molecule has 8 heteroatoms. The lowest BCUT2D eigenvalue weighted by molar-refractivity contribution is 0.0515. The van der Waals surface area contributed by atoms with Crippen LogP contribution < -0.4 is 5.32 Å². The molecule has 0 atom stereocenters. The number of hydrogen-bond donors (Lipinski definition) is 1. The molecule has 29 heavy (non-hydrogen) atoms. The summed E-state index contributed by atoms with van der Waals surface area (Å²) >= 11 is 0. The lowest BCUT2D eigenvalue weighted by atomic mass is 10.2. The van der Waals surface area contributed by atoms with Crippen LogP contribution >= 0.6 is 0 Å². The molecule has 0 aliphatic carbocycles. The molecule has 0 unspecified atom stereocenters. The third kappa shape index (κ3) is 4.26. The highest BCUT2D eigenvalue weighted by Crippen LogP contribution is 2.16. The van der Waals surface area contributed by atoms with E-state index in [9.17, 15) is 9.59 Å². The minimum absolute atomic E-state index is 0.159. The van der Waals surface area contributed by atoms with Crippen LogP contribution in [0.5, 0.6) is 0 Å². The summed E-state index contributed by atoms with van der Waals surface area (Å²) in [5.74, 6) is 0.346. The monoisotopic (exact) mass is 391 g/mol. The average Bonchev–Trinajstić information content (AvgIpc) is 3.28. The smallest absolute Gasteiger partial charge is 0.289 e. The highest BCUT2D eigenvalue weighted by atomic mass is 16.3. The fourth-order valence-electron chi connectivity index (χ4n) is 3.22. The molecule has 0 spiro atoms. The molecule has 8 nitrogen and oxygen atoms in total. The first-order valence-corrected chi connectivity index (χ1v) is 9.39. The van der Waals surface area contributed by atoms with Gasteiger partial charge in [-0.15, -0.1) is 0 Å². The molecule has 3 aromatic rings. The van der Waals surface area contributed by atoms with E-state index in [1.54, 1.807) is 34.2 Å². The maximum atomic E-state index is 12.8. The molecule has 0 saturated carbocycles. The Bertz CT molecular complexity index is 1010. The van der Waals surface area contributed by atoms with Crippen LogP contribution in [0.15, 0.2) is 59.3 Å². The Kier molecular flexibility index (Phi) is 5.24. The van der Waals surface area contributed by atoms with E-state index in [0.29, 0.717) is 43.6 Å². The quantitative estimate of drug-likeness (QED) is 0.735. The van der Waals surface area contributed by atoms with Gasteiger partial charge in [0.2, 0.25) is 5.95 Å². The van der Waals surface area contributed by atoms with E-state index in [0.717, 1.165) is 11.3 Å². The number of amides is 2. The number of anilines is 2. The van der Waals surface area contributed by atoms with Crippen molar-refractivity contribution in [1.29, 1.82) is 0 Å². The van der Waals surface area contributed by atoms with Gasteiger partial charge in [-0.2, -0.15) is 0 Å². The fraction of sp³-hybridized carbons (Fsp3) is 0.238. The van der Waals surface area contributed by atoms with E-state index in [1.807, 2.05) is 31.2 Å². The van der Waals surface area contributed by atoms with E-state index in [-0.39, 0.29) is 11.8 Å². The van der Waals surface area contributed by atoms with Crippen molar-refractivity contribution in [2.75, 3.05) is 31.5 Å². The van der Waals surface area contributed by atoms with Gasteiger partial charge in [0, 0.05) is 38.1 Å². The second-order valence-electron chi connectivity index (χ2n) is 6.82. The van der Waals surface area contributed by atoms with Gasteiger partial charge in [-0.1, -0.05) is 12.1 Å². The zero-order valence-corrected chi connectivity index (χ0v) is 16.0. The highest BCUT2D eigenvalue weighted by Gasteiger charge is 2.27. The SMILES string of the molecule is Cc1cccc(Nc2nccc(C(=O)N3CCN(C(=O)c4ccco4)CC3)n2)c1. The van der Waals surface area contributed by atoms with Crippen molar-refractivity contribution in [1.82, 2.24) is 19.8 Å². The number of furan rings is 1. The number of carbonyl (C=O) groups excluding carboxylic acids is 2. The van der Waals surface area contributed by atoms with Crippen molar-refractivity contribution in [2.24, 2.45) is 0 Å². The van der Waals surface area contributed by atoms with E-state index in [4.69, 9.17) is 4.42 Å². The number of aromatic nitrogens is 2. The molecule has 1 fully saturated rings. The zero-order valence-electron chi connectivity index (χ0n) is 16.0. The Morgan fingerprint density at radius 2 is 1.76 bits per heavy atom. The Morgan fingerprint density at radius 1 is 1.00 bits per heavy atom. The van der Waals surface area contributed by atoms with Crippen LogP contribution in [0.1, 0.15) is 26.6 Å². The Labute approximate surface area is 168 Å². The number of hydrogen-bond acceptors (Lipinski definition) is 6. The van der Waals surface area contributed by atoms with Gasteiger partial charge >= 0.3 is 0 Å². The van der Waals surface area contributed by atoms with Crippen LogP contribution in [0.2, 0.25) is 0 Å². The van der Waals surface area contributed by atoms with Gasteiger partial charge in [0.1, 0.15) is 5.69 Å². The second kappa shape index (κ2) is 8.14. The fourth-order valence-corrected chi connectivity index (χ4v) is 3.22. The lowest BCUT2D eigenvalue weighted by Crippen LogP contribution is -2.50. The van der Waals surface area contributed by atoms with Gasteiger partial charge in [0.15, 0.2) is 5.76 Å².